The molecule has 0 radical (unpaired) electrons. The number of hydrogen-bond acceptors (Lipinski definition) is 8. The summed E-state index contributed by atoms with van der Waals surface area (Å²) in [6.45, 7) is 0. The maximum atomic E-state index is 13.3. The zero-order valence-electron chi connectivity index (χ0n) is 20.9. The Morgan fingerprint density at radius 3 is 2.10 bits per heavy atom. The van der Waals surface area contributed by atoms with E-state index in [2.05, 4.69) is 33.6 Å². The molecule has 0 fully saturated rings. The fourth-order valence-corrected chi connectivity index (χ4v) is 3.96. The third kappa shape index (κ3) is 9.61. The van der Waals surface area contributed by atoms with Crippen LogP contribution in [-0.4, -0.2) is 80.7 Å². The van der Waals surface area contributed by atoms with Gasteiger partial charge in [-0.05, 0) is 24.5 Å². The molecule has 2 rings (SSSR count). The van der Waals surface area contributed by atoms with Crippen molar-refractivity contribution in [3.8, 4) is 0 Å². The number of aliphatic carboxylic acids is 2. The number of carbonyl (C=O) groups is 6. The number of H-pyrrole nitrogens is 1. The van der Waals surface area contributed by atoms with E-state index in [0.29, 0.717) is 5.56 Å². The van der Waals surface area contributed by atoms with Crippen LogP contribution in [0.4, 0.5) is 0 Å². The molecule has 4 unspecified atom stereocenters. The summed E-state index contributed by atoms with van der Waals surface area (Å²) in [7, 11) is 0. The van der Waals surface area contributed by atoms with Crippen molar-refractivity contribution < 1.29 is 39.0 Å². The van der Waals surface area contributed by atoms with Crippen molar-refractivity contribution in [3.63, 3.8) is 0 Å². The summed E-state index contributed by atoms with van der Waals surface area (Å²) < 4.78 is 0. The van der Waals surface area contributed by atoms with Crippen molar-refractivity contribution in [2.45, 2.75) is 56.3 Å². The number of hydrogen-bond donors (Lipinski definition) is 9. The minimum absolute atomic E-state index is 0.00941. The molecule has 0 bridgehead atoms. The van der Waals surface area contributed by atoms with Crippen LogP contribution in [0.2, 0.25) is 0 Å². The number of aromatic nitrogens is 1. The van der Waals surface area contributed by atoms with E-state index in [-0.39, 0.29) is 37.9 Å². The second-order valence-electron chi connectivity index (χ2n) is 8.81. The monoisotopic (exact) mass is 564 g/mol. The van der Waals surface area contributed by atoms with Crippen molar-refractivity contribution >= 4 is 59.1 Å². The second kappa shape index (κ2) is 14.7. The van der Waals surface area contributed by atoms with E-state index in [1.807, 2.05) is 18.2 Å². The molecular weight excluding hydrogens is 532 g/mol. The third-order valence-electron chi connectivity index (χ3n) is 5.85. The second-order valence-corrected chi connectivity index (χ2v) is 9.18. The molecule has 0 aliphatic heterocycles. The highest BCUT2D eigenvalue weighted by Crippen LogP contribution is 2.19. The average Bonchev–Trinajstić information content (AvgIpc) is 3.29. The van der Waals surface area contributed by atoms with Crippen LogP contribution in [0.25, 0.3) is 10.9 Å². The van der Waals surface area contributed by atoms with Crippen LogP contribution in [-0.2, 0) is 35.2 Å². The summed E-state index contributed by atoms with van der Waals surface area (Å²) >= 11 is 4.08. The molecule has 0 aliphatic carbocycles. The Kier molecular flexibility index (Phi) is 11.7. The number of primary amides is 1. The lowest BCUT2D eigenvalue weighted by Crippen LogP contribution is -2.58. The highest BCUT2D eigenvalue weighted by Gasteiger charge is 2.30. The Morgan fingerprint density at radius 2 is 1.49 bits per heavy atom. The molecule has 1 aromatic heterocycles. The van der Waals surface area contributed by atoms with Gasteiger partial charge >= 0.3 is 11.9 Å². The van der Waals surface area contributed by atoms with Crippen LogP contribution in [0.1, 0.15) is 31.2 Å². The van der Waals surface area contributed by atoms with Crippen LogP contribution < -0.4 is 27.4 Å². The lowest BCUT2D eigenvalue weighted by atomic mass is 10.0. The van der Waals surface area contributed by atoms with Gasteiger partial charge in [-0.2, -0.15) is 12.6 Å². The zero-order chi connectivity index (χ0) is 29.1. The van der Waals surface area contributed by atoms with Crippen LogP contribution in [0.5, 0.6) is 0 Å². The number of carboxylic acids is 2. The Morgan fingerprint density at radius 1 is 0.872 bits per heavy atom. The molecule has 14 nitrogen and oxygen atoms in total. The minimum Gasteiger partial charge on any atom is -0.481 e. The highest BCUT2D eigenvalue weighted by atomic mass is 32.1. The number of carboxylic acid groups (broad SMARTS) is 2. The smallest absolute Gasteiger partial charge is 0.326 e. The van der Waals surface area contributed by atoms with Gasteiger partial charge in [-0.25, -0.2) is 4.79 Å². The van der Waals surface area contributed by atoms with E-state index in [0.717, 1.165) is 10.9 Å². The Labute approximate surface area is 228 Å². The third-order valence-corrected chi connectivity index (χ3v) is 6.21. The quantitative estimate of drug-likeness (QED) is 0.109. The van der Waals surface area contributed by atoms with Gasteiger partial charge in [0, 0.05) is 42.1 Å². The highest BCUT2D eigenvalue weighted by molar-refractivity contribution is 7.80. The molecule has 39 heavy (non-hydrogen) atoms. The number of amides is 4. The summed E-state index contributed by atoms with van der Waals surface area (Å²) in [5, 5.41) is 26.2. The largest absolute Gasteiger partial charge is 0.481 e. The van der Waals surface area contributed by atoms with Crippen molar-refractivity contribution in [1.82, 2.24) is 20.9 Å². The fourth-order valence-electron chi connectivity index (χ4n) is 3.70. The summed E-state index contributed by atoms with van der Waals surface area (Å²) in [6, 6.07) is 2.11. The average molecular weight is 565 g/mol. The molecule has 4 amide bonds. The van der Waals surface area contributed by atoms with Gasteiger partial charge in [0.25, 0.3) is 0 Å². The maximum Gasteiger partial charge on any atom is 0.326 e. The van der Waals surface area contributed by atoms with Gasteiger partial charge in [0.2, 0.25) is 23.6 Å². The number of carbonyl (C=O) groups excluding carboxylic acids is 4. The van der Waals surface area contributed by atoms with Crippen LogP contribution in [0.15, 0.2) is 30.5 Å². The van der Waals surface area contributed by atoms with Gasteiger partial charge in [0.15, 0.2) is 0 Å². The number of thiol groups is 1. The molecule has 15 heteroatoms. The number of benzene rings is 1. The van der Waals surface area contributed by atoms with Gasteiger partial charge in [-0.15, -0.1) is 0 Å². The van der Waals surface area contributed by atoms with Gasteiger partial charge in [0.1, 0.15) is 18.1 Å². The van der Waals surface area contributed by atoms with E-state index in [9.17, 15) is 33.9 Å². The number of fused-ring (bicyclic) bond motifs is 1. The Bertz CT molecular complexity index is 1220. The molecule has 2 aromatic rings. The summed E-state index contributed by atoms with van der Waals surface area (Å²) in [5.74, 6) is -5.90. The normalized spacial score (nSPS) is 14.0. The molecule has 1 aromatic carbocycles. The first-order valence-corrected chi connectivity index (χ1v) is 12.6. The molecule has 212 valence electrons. The molecule has 0 aliphatic rings. The molecule has 10 N–H and O–H groups in total. The van der Waals surface area contributed by atoms with Crippen LogP contribution in [0, 0.1) is 0 Å². The predicted octanol–water partition coefficient (Wildman–Crippen LogP) is -1.36. The van der Waals surface area contributed by atoms with E-state index >= 15 is 0 Å². The predicted molar refractivity (Wildman–Crippen MR) is 143 cm³/mol. The standard InChI is InChI=1S/C24H32N6O8S/c25-14(5-8-20(32)33)21(34)29-17(9-12-10-27-15-4-2-1-3-13(12)15)22(35)30-18(11-39)23(36)28-16(24(37)38)6-7-19(26)31/h1-4,10,14,16-18,27,39H,5-9,11,25H2,(H2,26,31)(H,28,36)(H,29,34)(H,30,35)(H,32,33)(H,37,38). The lowest BCUT2D eigenvalue weighted by molar-refractivity contribution is -0.142. The number of para-hydroxylation sites is 1. The first-order chi connectivity index (χ1) is 18.4. The molecule has 1 heterocycles. The fraction of sp³-hybridized carbons (Fsp3) is 0.417. The topological polar surface area (TPSA) is 247 Å². The molecular formula is C24H32N6O8S. The van der Waals surface area contributed by atoms with Crippen LogP contribution in [0.3, 0.4) is 0 Å². The summed E-state index contributed by atoms with van der Waals surface area (Å²) in [5.41, 5.74) is 12.3. The number of nitrogens with two attached hydrogens (primary N) is 2. The maximum absolute atomic E-state index is 13.3. The first-order valence-electron chi connectivity index (χ1n) is 12.0. The first kappa shape index (κ1) is 31.1. The molecule has 0 saturated heterocycles. The Hall–Kier alpha value is -4.11. The number of aromatic amines is 1. The molecule has 0 spiro atoms. The SMILES string of the molecule is NC(=O)CCC(NC(=O)C(CS)NC(=O)C(Cc1c[nH]c2ccccc12)NC(=O)C(N)CCC(=O)O)C(=O)O. The van der Waals surface area contributed by atoms with Crippen LogP contribution >= 0.6 is 12.6 Å². The molecule has 4 atom stereocenters. The van der Waals surface area contributed by atoms with Crippen molar-refractivity contribution in [2.75, 3.05) is 5.75 Å². The van der Waals surface area contributed by atoms with Gasteiger partial charge in [-0.3, -0.25) is 24.0 Å². The van der Waals surface area contributed by atoms with Crippen molar-refractivity contribution in [3.05, 3.63) is 36.0 Å². The van der Waals surface area contributed by atoms with Gasteiger partial charge in [-0.1, -0.05) is 18.2 Å². The van der Waals surface area contributed by atoms with E-state index in [1.54, 1.807) is 12.3 Å². The van der Waals surface area contributed by atoms with Crippen molar-refractivity contribution in [2.24, 2.45) is 11.5 Å². The number of nitrogens with one attached hydrogen (secondary N) is 4. The van der Waals surface area contributed by atoms with E-state index in [4.69, 9.17) is 16.6 Å². The van der Waals surface area contributed by atoms with E-state index in [1.165, 1.54) is 0 Å². The van der Waals surface area contributed by atoms with Gasteiger partial charge in [0.05, 0.1) is 6.04 Å². The zero-order valence-corrected chi connectivity index (χ0v) is 21.8. The summed E-state index contributed by atoms with van der Waals surface area (Å²) in [4.78, 5) is 75.1. The minimum atomic E-state index is -1.43. The number of rotatable bonds is 16. The summed E-state index contributed by atoms with van der Waals surface area (Å²) in [6.07, 6.45) is 0.612. The Balaban J connectivity index is 2.21. The van der Waals surface area contributed by atoms with Crippen molar-refractivity contribution in [1.29, 1.82) is 0 Å². The lowest BCUT2D eigenvalue weighted by Gasteiger charge is -2.24. The molecule has 0 saturated carbocycles. The van der Waals surface area contributed by atoms with Gasteiger partial charge < -0.3 is 42.6 Å². The van der Waals surface area contributed by atoms with E-state index < -0.39 is 59.7 Å².